The number of ketones is 1. The summed E-state index contributed by atoms with van der Waals surface area (Å²) < 4.78 is 0. The Labute approximate surface area is 119 Å². The van der Waals surface area contributed by atoms with E-state index < -0.39 is 0 Å². The summed E-state index contributed by atoms with van der Waals surface area (Å²) in [6.07, 6.45) is 4.23. The molecule has 0 fully saturated rings. The van der Waals surface area contributed by atoms with Crippen LogP contribution in [-0.4, -0.2) is 5.78 Å². The normalized spacial score (nSPS) is 10.6. The fourth-order valence-electron chi connectivity index (χ4n) is 2.04. The summed E-state index contributed by atoms with van der Waals surface area (Å²) in [7, 11) is 0. The van der Waals surface area contributed by atoms with E-state index in [1.165, 1.54) is 34.6 Å². The van der Waals surface area contributed by atoms with Crippen LogP contribution >= 0.6 is 11.3 Å². The van der Waals surface area contributed by atoms with Crippen molar-refractivity contribution < 1.29 is 4.79 Å². The molecule has 0 radical (unpaired) electrons. The second-order valence-corrected chi connectivity index (χ2v) is 5.89. The summed E-state index contributed by atoms with van der Waals surface area (Å²) in [5, 5.41) is 0. The Morgan fingerprint density at radius 1 is 1.05 bits per heavy atom. The van der Waals surface area contributed by atoms with Gasteiger partial charge in [-0.05, 0) is 30.5 Å². The van der Waals surface area contributed by atoms with Gasteiger partial charge in [0.2, 0.25) is 0 Å². The predicted molar refractivity (Wildman–Crippen MR) is 83.0 cm³/mol. The van der Waals surface area contributed by atoms with Crippen molar-refractivity contribution in [3.05, 3.63) is 46.8 Å². The average Bonchev–Trinajstić information content (AvgIpc) is 2.93. The second-order valence-electron chi connectivity index (χ2n) is 4.72. The number of thiophene rings is 1. The largest absolute Gasteiger partial charge is 0.294 e. The minimum atomic E-state index is 0.210. The summed E-state index contributed by atoms with van der Waals surface area (Å²) in [6.45, 7) is 4.12. The van der Waals surface area contributed by atoms with Gasteiger partial charge >= 0.3 is 0 Å². The summed E-state index contributed by atoms with van der Waals surface area (Å²) in [5.74, 6) is 0.210. The smallest absolute Gasteiger partial charge is 0.162 e. The molecule has 1 aromatic carbocycles. The molecule has 0 N–H and O–H groups in total. The molecule has 1 heterocycles. The minimum absolute atomic E-state index is 0.210. The molecule has 0 bridgehead atoms. The first-order chi connectivity index (χ1) is 9.24. The maximum atomic E-state index is 11.6. The fourth-order valence-corrected chi connectivity index (χ4v) is 3.10. The molecule has 0 saturated heterocycles. The highest BCUT2D eigenvalue weighted by molar-refractivity contribution is 7.15. The Hall–Kier alpha value is -1.41. The van der Waals surface area contributed by atoms with Crippen molar-refractivity contribution in [3.8, 4) is 10.4 Å². The minimum Gasteiger partial charge on any atom is -0.294 e. The van der Waals surface area contributed by atoms with Gasteiger partial charge in [-0.3, -0.25) is 4.79 Å². The molecule has 0 aliphatic rings. The van der Waals surface area contributed by atoms with Crippen molar-refractivity contribution in [2.75, 3.05) is 0 Å². The average molecular weight is 272 g/mol. The van der Waals surface area contributed by atoms with Crippen molar-refractivity contribution in [2.45, 2.75) is 39.5 Å². The number of rotatable bonds is 6. The van der Waals surface area contributed by atoms with Gasteiger partial charge < -0.3 is 0 Å². The molecule has 0 aliphatic carbocycles. The van der Waals surface area contributed by atoms with Crippen LogP contribution in [0, 0.1) is 0 Å². The molecule has 19 heavy (non-hydrogen) atoms. The molecule has 0 atom stereocenters. The summed E-state index contributed by atoms with van der Waals surface area (Å²) in [6, 6.07) is 12.4. The van der Waals surface area contributed by atoms with E-state index in [-0.39, 0.29) is 5.78 Å². The molecule has 1 nitrogen and oxygen atoms in total. The van der Waals surface area contributed by atoms with Crippen LogP contribution in [0.15, 0.2) is 36.4 Å². The van der Waals surface area contributed by atoms with Gasteiger partial charge in [0.25, 0.3) is 0 Å². The van der Waals surface area contributed by atoms with E-state index in [0.717, 1.165) is 5.56 Å². The highest BCUT2D eigenvalue weighted by Crippen LogP contribution is 2.29. The third-order valence-corrected chi connectivity index (χ3v) is 4.44. The van der Waals surface area contributed by atoms with E-state index in [0.29, 0.717) is 6.42 Å². The molecule has 0 spiro atoms. The van der Waals surface area contributed by atoms with Crippen LogP contribution in [0.1, 0.15) is 48.3 Å². The van der Waals surface area contributed by atoms with E-state index in [1.54, 1.807) is 0 Å². The van der Waals surface area contributed by atoms with Crippen LogP contribution in [0.2, 0.25) is 0 Å². The van der Waals surface area contributed by atoms with E-state index >= 15 is 0 Å². The Morgan fingerprint density at radius 2 is 1.79 bits per heavy atom. The fraction of sp³-hybridized carbons (Fsp3) is 0.353. The summed E-state index contributed by atoms with van der Waals surface area (Å²) in [4.78, 5) is 14.3. The first-order valence-corrected chi connectivity index (χ1v) is 7.78. The number of benzene rings is 1. The van der Waals surface area contributed by atoms with Gasteiger partial charge in [-0.25, -0.2) is 0 Å². The van der Waals surface area contributed by atoms with E-state index in [4.69, 9.17) is 0 Å². The van der Waals surface area contributed by atoms with Gasteiger partial charge in [0.15, 0.2) is 5.78 Å². The van der Waals surface area contributed by atoms with Crippen LogP contribution in [-0.2, 0) is 6.42 Å². The number of hydrogen-bond donors (Lipinski definition) is 0. The van der Waals surface area contributed by atoms with Gasteiger partial charge in [-0.15, -0.1) is 11.3 Å². The molecule has 1 aromatic heterocycles. The maximum absolute atomic E-state index is 11.6. The number of carbonyl (C=O) groups excluding carboxylic acids is 1. The third-order valence-electron chi connectivity index (χ3n) is 3.25. The van der Waals surface area contributed by atoms with Crippen molar-refractivity contribution in [3.63, 3.8) is 0 Å². The number of unbranched alkanes of at least 4 members (excludes halogenated alkanes) is 1. The van der Waals surface area contributed by atoms with Gasteiger partial charge in [-0.1, -0.05) is 44.5 Å². The highest BCUT2D eigenvalue weighted by atomic mass is 32.1. The van der Waals surface area contributed by atoms with Crippen molar-refractivity contribution in [1.29, 1.82) is 0 Å². The molecule has 100 valence electrons. The van der Waals surface area contributed by atoms with Crippen molar-refractivity contribution >= 4 is 17.1 Å². The molecule has 0 aliphatic heterocycles. The van der Waals surface area contributed by atoms with Gasteiger partial charge in [0.1, 0.15) is 0 Å². The Bertz CT molecular complexity index is 537. The Morgan fingerprint density at radius 3 is 2.42 bits per heavy atom. The van der Waals surface area contributed by atoms with Gasteiger partial charge in [0, 0.05) is 21.7 Å². The Balaban J connectivity index is 2.13. The van der Waals surface area contributed by atoms with Crippen LogP contribution in [0.25, 0.3) is 10.4 Å². The first-order valence-electron chi connectivity index (χ1n) is 6.97. The molecular formula is C17H20OS. The van der Waals surface area contributed by atoms with Crippen molar-refractivity contribution in [2.24, 2.45) is 0 Å². The first kappa shape index (κ1) is 14.0. The van der Waals surface area contributed by atoms with Crippen LogP contribution in [0.4, 0.5) is 0 Å². The number of aryl methyl sites for hydroxylation is 1. The lowest BCUT2D eigenvalue weighted by Gasteiger charge is -2.00. The summed E-state index contributed by atoms with van der Waals surface area (Å²) >= 11 is 1.86. The molecule has 2 heteroatoms. The second kappa shape index (κ2) is 6.67. The third kappa shape index (κ3) is 3.54. The standard InChI is InChI=1S/C17H20OS/c1-3-5-6-15-11-12-17(19-15)14-9-7-13(8-10-14)16(18)4-2/h7-12H,3-6H2,1-2H3. The van der Waals surface area contributed by atoms with E-state index in [1.807, 2.05) is 30.4 Å². The molecule has 2 rings (SSSR count). The molecule has 2 aromatic rings. The molecule has 0 saturated carbocycles. The number of Topliss-reactive ketones (excluding diaryl/α,β-unsaturated/α-hetero) is 1. The van der Waals surface area contributed by atoms with Gasteiger partial charge in [-0.2, -0.15) is 0 Å². The lowest BCUT2D eigenvalue weighted by molar-refractivity contribution is 0.0988. The van der Waals surface area contributed by atoms with Crippen LogP contribution < -0.4 is 0 Å². The number of carbonyl (C=O) groups is 1. The SMILES string of the molecule is CCCCc1ccc(-c2ccc(C(=O)CC)cc2)s1. The van der Waals surface area contributed by atoms with Crippen LogP contribution in [0.3, 0.4) is 0 Å². The zero-order valence-electron chi connectivity index (χ0n) is 11.6. The molecule has 0 amide bonds. The monoisotopic (exact) mass is 272 g/mol. The zero-order chi connectivity index (χ0) is 13.7. The summed E-state index contributed by atoms with van der Waals surface area (Å²) in [5.41, 5.74) is 2.02. The van der Waals surface area contributed by atoms with E-state index in [2.05, 4.69) is 31.2 Å². The number of hydrogen-bond acceptors (Lipinski definition) is 2. The molecule has 0 unspecified atom stereocenters. The molecular weight excluding hydrogens is 252 g/mol. The lowest BCUT2D eigenvalue weighted by atomic mass is 10.1. The Kier molecular flexibility index (Phi) is 4.92. The van der Waals surface area contributed by atoms with Crippen LogP contribution in [0.5, 0.6) is 0 Å². The lowest BCUT2D eigenvalue weighted by Crippen LogP contribution is -1.95. The predicted octanol–water partition coefficient (Wildman–Crippen LogP) is 5.35. The highest BCUT2D eigenvalue weighted by Gasteiger charge is 2.05. The quantitative estimate of drug-likeness (QED) is 0.648. The van der Waals surface area contributed by atoms with Crippen molar-refractivity contribution in [1.82, 2.24) is 0 Å². The zero-order valence-corrected chi connectivity index (χ0v) is 12.4. The maximum Gasteiger partial charge on any atom is 0.162 e. The van der Waals surface area contributed by atoms with Gasteiger partial charge in [0.05, 0.1) is 0 Å². The topological polar surface area (TPSA) is 17.1 Å². The van der Waals surface area contributed by atoms with E-state index in [9.17, 15) is 4.79 Å².